The monoisotopic (exact) mass is 294 g/mol. The van der Waals surface area contributed by atoms with Gasteiger partial charge in [0.1, 0.15) is 11.5 Å². The minimum absolute atomic E-state index is 0.409. The third-order valence-electron chi connectivity index (χ3n) is 4.13. The molecule has 0 saturated carbocycles. The molecule has 1 aliphatic rings. The maximum absolute atomic E-state index is 5.92. The van der Waals surface area contributed by atoms with E-state index in [9.17, 15) is 0 Å². The number of rotatable bonds is 9. The topological polar surface area (TPSA) is 37.6 Å². The molecule has 1 N–H and O–H groups in total. The Morgan fingerprint density at radius 2 is 2.24 bits per heavy atom. The largest absolute Gasteiger partial charge is 0.465 e. The zero-order valence-electron chi connectivity index (χ0n) is 13.8. The lowest BCUT2D eigenvalue weighted by atomic mass is 10.2. The second-order valence-electron chi connectivity index (χ2n) is 5.93. The van der Waals surface area contributed by atoms with Crippen molar-refractivity contribution in [2.75, 3.05) is 26.2 Å². The lowest BCUT2D eigenvalue weighted by Crippen LogP contribution is -2.31. The summed E-state index contributed by atoms with van der Waals surface area (Å²) < 4.78 is 11.7. The van der Waals surface area contributed by atoms with E-state index in [4.69, 9.17) is 9.15 Å². The molecular weight excluding hydrogens is 264 g/mol. The number of hydrogen-bond donors (Lipinski definition) is 1. The van der Waals surface area contributed by atoms with E-state index in [0.717, 1.165) is 57.3 Å². The van der Waals surface area contributed by atoms with Crippen LogP contribution >= 0.6 is 0 Å². The highest BCUT2D eigenvalue weighted by atomic mass is 16.5. The minimum atomic E-state index is 0.409. The number of furan rings is 1. The first kappa shape index (κ1) is 16.5. The van der Waals surface area contributed by atoms with Crippen molar-refractivity contribution in [3.05, 3.63) is 23.2 Å². The maximum atomic E-state index is 5.92. The quantitative estimate of drug-likeness (QED) is 0.710. The molecule has 0 radical (unpaired) electrons. The van der Waals surface area contributed by atoms with Gasteiger partial charge in [-0.05, 0) is 45.3 Å². The first-order valence-electron chi connectivity index (χ1n) is 8.35. The number of hydrogen-bond acceptors (Lipinski definition) is 4. The van der Waals surface area contributed by atoms with Crippen molar-refractivity contribution in [3.63, 3.8) is 0 Å². The molecule has 0 aromatic carbocycles. The van der Waals surface area contributed by atoms with Crippen LogP contribution in [0, 0.1) is 6.92 Å². The second-order valence-corrected chi connectivity index (χ2v) is 5.93. The molecule has 1 saturated heterocycles. The average molecular weight is 294 g/mol. The van der Waals surface area contributed by atoms with Crippen LogP contribution in [0.3, 0.4) is 0 Å². The third kappa shape index (κ3) is 5.13. The molecule has 0 bridgehead atoms. The number of aryl methyl sites for hydroxylation is 1. The molecule has 1 aromatic rings. The van der Waals surface area contributed by atoms with Crippen molar-refractivity contribution in [2.24, 2.45) is 0 Å². The Labute approximate surface area is 128 Å². The third-order valence-corrected chi connectivity index (χ3v) is 4.13. The summed E-state index contributed by atoms with van der Waals surface area (Å²) in [5, 5.41) is 3.44. The van der Waals surface area contributed by atoms with E-state index >= 15 is 0 Å². The zero-order valence-corrected chi connectivity index (χ0v) is 13.8. The highest BCUT2D eigenvalue weighted by Crippen LogP contribution is 2.18. The standard InChI is InChI=1S/C17H30N2O2/c1-4-8-18-11-15-10-17(21-14(15)3)13-19(5-2)12-16-7-6-9-20-16/h10,16,18H,4-9,11-13H2,1-3H3. The molecule has 2 heterocycles. The maximum Gasteiger partial charge on any atom is 0.118 e. The molecule has 120 valence electrons. The van der Waals surface area contributed by atoms with E-state index in [0.29, 0.717) is 6.10 Å². The van der Waals surface area contributed by atoms with Crippen LogP contribution in [0.5, 0.6) is 0 Å². The number of likely N-dealkylation sites (N-methyl/N-ethyl adjacent to an activating group) is 1. The van der Waals surface area contributed by atoms with Gasteiger partial charge in [-0.25, -0.2) is 0 Å². The van der Waals surface area contributed by atoms with E-state index in [1.54, 1.807) is 0 Å². The Hall–Kier alpha value is -0.840. The number of nitrogens with zero attached hydrogens (tertiary/aromatic N) is 1. The van der Waals surface area contributed by atoms with Crippen LogP contribution in [0.2, 0.25) is 0 Å². The van der Waals surface area contributed by atoms with Gasteiger partial charge in [-0.15, -0.1) is 0 Å². The summed E-state index contributed by atoms with van der Waals surface area (Å²) in [5.41, 5.74) is 1.28. The van der Waals surface area contributed by atoms with Crippen molar-refractivity contribution >= 4 is 0 Å². The number of nitrogens with one attached hydrogen (secondary N) is 1. The van der Waals surface area contributed by atoms with Crippen molar-refractivity contribution in [1.29, 1.82) is 0 Å². The summed E-state index contributed by atoms with van der Waals surface area (Å²) in [6.45, 7) is 12.3. The Morgan fingerprint density at radius 3 is 2.90 bits per heavy atom. The van der Waals surface area contributed by atoms with Gasteiger partial charge in [-0.1, -0.05) is 13.8 Å². The van der Waals surface area contributed by atoms with Gasteiger partial charge >= 0.3 is 0 Å². The highest BCUT2D eigenvalue weighted by molar-refractivity contribution is 5.20. The molecule has 1 unspecified atom stereocenters. The second kappa shape index (κ2) is 8.57. The van der Waals surface area contributed by atoms with Gasteiger partial charge in [-0.2, -0.15) is 0 Å². The molecule has 1 fully saturated rings. The molecule has 1 aromatic heterocycles. The van der Waals surface area contributed by atoms with Crippen LogP contribution in [0.4, 0.5) is 0 Å². The van der Waals surface area contributed by atoms with Crippen LogP contribution < -0.4 is 5.32 Å². The highest BCUT2D eigenvalue weighted by Gasteiger charge is 2.19. The molecular formula is C17H30N2O2. The van der Waals surface area contributed by atoms with E-state index in [2.05, 4.69) is 37.1 Å². The van der Waals surface area contributed by atoms with Crippen molar-refractivity contribution in [3.8, 4) is 0 Å². The van der Waals surface area contributed by atoms with Crippen molar-refractivity contribution in [2.45, 2.75) is 59.2 Å². The molecule has 2 rings (SSSR count). The van der Waals surface area contributed by atoms with Crippen molar-refractivity contribution < 1.29 is 9.15 Å². The predicted octanol–water partition coefficient (Wildman–Crippen LogP) is 3.09. The van der Waals surface area contributed by atoms with Crippen LogP contribution in [0.15, 0.2) is 10.5 Å². The van der Waals surface area contributed by atoms with Gasteiger partial charge in [0.05, 0.1) is 12.6 Å². The van der Waals surface area contributed by atoms with Gasteiger partial charge in [-0.3, -0.25) is 4.90 Å². The fraction of sp³-hybridized carbons (Fsp3) is 0.765. The summed E-state index contributed by atoms with van der Waals surface area (Å²) in [5.74, 6) is 2.11. The van der Waals surface area contributed by atoms with Crippen LogP contribution in [-0.2, 0) is 17.8 Å². The Morgan fingerprint density at radius 1 is 1.38 bits per heavy atom. The molecule has 1 aliphatic heterocycles. The smallest absolute Gasteiger partial charge is 0.118 e. The lowest BCUT2D eigenvalue weighted by Gasteiger charge is -2.22. The Balaban J connectivity index is 1.86. The fourth-order valence-corrected chi connectivity index (χ4v) is 2.84. The Kier molecular flexibility index (Phi) is 6.74. The van der Waals surface area contributed by atoms with Gasteiger partial charge in [0, 0.05) is 25.3 Å². The van der Waals surface area contributed by atoms with Crippen LogP contribution in [-0.4, -0.2) is 37.2 Å². The van der Waals surface area contributed by atoms with E-state index in [1.807, 2.05) is 0 Å². The van der Waals surface area contributed by atoms with Crippen LogP contribution in [0.25, 0.3) is 0 Å². The molecule has 0 spiro atoms. The fourth-order valence-electron chi connectivity index (χ4n) is 2.84. The minimum Gasteiger partial charge on any atom is -0.465 e. The summed E-state index contributed by atoms with van der Waals surface area (Å²) >= 11 is 0. The molecule has 4 heteroatoms. The molecule has 0 amide bonds. The summed E-state index contributed by atoms with van der Waals surface area (Å²) in [6, 6.07) is 2.20. The summed E-state index contributed by atoms with van der Waals surface area (Å²) in [6.07, 6.45) is 3.97. The van der Waals surface area contributed by atoms with E-state index in [1.165, 1.54) is 18.4 Å². The zero-order chi connectivity index (χ0) is 15.1. The normalized spacial score (nSPS) is 18.8. The first-order valence-corrected chi connectivity index (χ1v) is 8.35. The first-order chi connectivity index (χ1) is 10.2. The molecule has 4 nitrogen and oxygen atoms in total. The predicted molar refractivity (Wildman–Crippen MR) is 85.4 cm³/mol. The number of ether oxygens (including phenoxy) is 1. The Bertz CT molecular complexity index is 411. The van der Waals surface area contributed by atoms with Gasteiger partial charge < -0.3 is 14.5 Å². The SMILES string of the molecule is CCCNCc1cc(CN(CC)CC2CCCO2)oc1C. The lowest BCUT2D eigenvalue weighted by molar-refractivity contribution is 0.0702. The van der Waals surface area contributed by atoms with Gasteiger partial charge in [0.15, 0.2) is 0 Å². The van der Waals surface area contributed by atoms with Crippen molar-refractivity contribution in [1.82, 2.24) is 10.2 Å². The molecule has 0 aliphatic carbocycles. The summed E-state index contributed by atoms with van der Waals surface area (Å²) in [7, 11) is 0. The molecule has 21 heavy (non-hydrogen) atoms. The molecule has 1 atom stereocenters. The van der Waals surface area contributed by atoms with Gasteiger partial charge in [0.2, 0.25) is 0 Å². The van der Waals surface area contributed by atoms with Crippen LogP contribution in [0.1, 0.15) is 50.2 Å². The average Bonchev–Trinajstić information content (AvgIpc) is 3.09. The van der Waals surface area contributed by atoms with E-state index in [-0.39, 0.29) is 0 Å². The van der Waals surface area contributed by atoms with Gasteiger partial charge in [0.25, 0.3) is 0 Å². The van der Waals surface area contributed by atoms with E-state index < -0.39 is 0 Å². The summed E-state index contributed by atoms with van der Waals surface area (Å²) in [4.78, 5) is 2.41.